The average Bonchev–Trinajstić information content (AvgIpc) is 2.63. The van der Waals surface area contributed by atoms with E-state index in [-0.39, 0.29) is 37.7 Å². The van der Waals surface area contributed by atoms with Crippen LogP contribution in [0.1, 0.15) is 5.56 Å². The van der Waals surface area contributed by atoms with Gasteiger partial charge in [-0.25, -0.2) is 4.79 Å². The van der Waals surface area contributed by atoms with Crippen LogP contribution in [0.2, 0.25) is 0 Å². The van der Waals surface area contributed by atoms with Crippen molar-refractivity contribution in [2.24, 2.45) is 0 Å². The minimum absolute atomic E-state index is 0.0694. The van der Waals surface area contributed by atoms with Crippen molar-refractivity contribution in [1.82, 2.24) is 4.90 Å². The van der Waals surface area contributed by atoms with Crippen LogP contribution in [0.3, 0.4) is 0 Å². The third-order valence-corrected chi connectivity index (χ3v) is 4.68. The molecular weight excluding hydrogens is 444 g/mol. The summed E-state index contributed by atoms with van der Waals surface area (Å²) in [7, 11) is -6.32. The normalized spacial score (nSPS) is 12.4. The van der Waals surface area contributed by atoms with Gasteiger partial charge in [0.05, 0.1) is 43.5 Å². The molecule has 168 valence electrons. The molecule has 0 spiro atoms. The van der Waals surface area contributed by atoms with Gasteiger partial charge in [-0.3, -0.25) is 18.5 Å². The summed E-state index contributed by atoms with van der Waals surface area (Å²) in [6.45, 7) is -0.744. The van der Waals surface area contributed by atoms with Crippen LogP contribution in [0.5, 0.6) is 0 Å². The summed E-state index contributed by atoms with van der Waals surface area (Å²) in [6.07, 6.45) is 2.82. The van der Waals surface area contributed by atoms with E-state index in [1.54, 1.807) is 0 Å². The van der Waals surface area contributed by atoms with Crippen molar-refractivity contribution in [3.8, 4) is 0 Å². The van der Waals surface area contributed by atoms with Crippen molar-refractivity contribution >= 4 is 37.6 Å². The molecule has 14 heteroatoms. The first-order valence-corrected chi connectivity index (χ1v) is 11.9. The number of carbonyl (C=O) groups excluding carboxylic acids is 1. The summed E-state index contributed by atoms with van der Waals surface area (Å²) in [4.78, 5) is 23.6. The predicted molar refractivity (Wildman–Crippen MR) is 106 cm³/mol. The molecule has 0 fully saturated rings. The fourth-order valence-corrected chi connectivity index (χ4v) is 2.99. The quantitative estimate of drug-likeness (QED) is 0.138. The number of rotatable bonds is 12. The second kappa shape index (κ2) is 11.0. The average molecular weight is 466 g/mol. The summed E-state index contributed by atoms with van der Waals surface area (Å²) in [5, 5.41) is 10.9. The van der Waals surface area contributed by atoms with Crippen molar-refractivity contribution in [1.29, 1.82) is 0 Å². The first-order valence-electron chi connectivity index (χ1n) is 8.30. The van der Waals surface area contributed by atoms with E-state index in [9.17, 15) is 31.7 Å². The number of nitrogens with zero attached hydrogens (tertiary/aromatic N) is 2. The van der Waals surface area contributed by atoms with Crippen LogP contribution >= 0.6 is 0 Å². The zero-order valence-corrected chi connectivity index (χ0v) is 18.1. The Morgan fingerprint density at radius 3 is 1.87 bits per heavy atom. The largest absolute Gasteiger partial charge is 0.466 e. The van der Waals surface area contributed by atoms with Gasteiger partial charge in [0.15, 0.2) is 0 Å². The van der Waals surface area contributed by atoms with Gasteiger partial charge in [0, 0.05) is 31.3 Å². The molecule has 0 aliphatic rings. The van der Waals surface area contributed by atoms with E-state index in [1.165, 1.54) is 29.2 Å². The van der Waals surface area contributed by atoms with E-state index in [0.29, 0.717) is 5.56 Å². The molecular formula is C16H22N2O10S2. The Hall–Kier alpha value is -2.55. The Morgan fingerprint density at radius 1 is 1.03 bits per heavy atom. The van der Waals surface area contributed by atoms with Crippen molar-refractivity contribution in [2.45, 2.75) is 0 Å². The van der Waals surface area contributed by atoms with Gasteiger partial charge >= 0.3 is 5.97 Å². The minimum Gasteiger partial charge on any atom is -0.466 e. The van der Waals surface area contributed by atoms with Gasteiger partial charge < -0.3 is 9.64 Å². The standard InChI is InChI=1S/C16H22N2O10S2/c1-26-16(19)12-15(13-4-6-14(7-5-13)18(20)21)17(8-10-27-29(2,22)23)9-11-28-30(3,24)25/h4-7,12H,8-11H2,1-3H3/b15-12-. The minimum atomic E-state index is -3.74. The molecule has 0 N–H and O–H groups in total. The topological polar surface area (TPSA) is 159 Å². The zero-order chi connectivity index (χ0) is 22.9. The molecule has 0 saturated heterocycles. The smallest absolute Gasteiger partial charge is 0.332 e. The Balaban J connectivity index is 3.25. The Morgan fingerprint density at radius 2 is 1.50 bits per heavy atom. The van der Waals surface area contributed by atoms with E-state index in [0.717, 1.165) is 25.7 Å². The molecule has 0 aliphatic heterocycles. The first kappa shape index (κ1) is 25.5. The van der Waals surface area contributed by atoms with Crippen LogP contribution in [-0.4, -0.2) is 78.6 Å². The molecule has 0 atom stereocenters. The maximum absolute atomic E-state index is 11.9. The Bertz CT molecular complexity index is 947. The second-order valence-corrected chi connectivity index (χ2v) is 9.18. The van der Waals surface area contributed by atoms with Gasteiger partial charge in [-0.15, -0.1) is 0 Å². The highest BCUT2D eigenvalue weighted by molar-refractivity contribution is 7.86. The van der Waals surface area contributed by atoms with Crippen LogP contribution in [0.4, 0.5) is 5.69 Å². The number of carbonyl (C=O) groups is 1. The van der Waals surface area contributed by atoms with Gasteiger partial charge in [-0.05, 0) is 17.7 Å². The molecule has 0 radical (unpaired) electrons. The number of hydrogen-bond acceptors (Lipinski definition) is 11. The summed E-state index contributed by atoms with van der Waals surface area (Å²) in [6, 6.07) is 5.21. The van der Waals surface area contributed by atoms with Crippen molar-refractivity contribution in [3.05, 3.63) is 46.0 Å². The number of ether oxygens (including phenoxy) is 1. The second-order valence-electron chi connectivity index (χ2n) is 5.90. The van der Waals surface area contributed by atoms with E-state index >= 15 is 0 Å². The molecule has 0 aliphatic carbocycles. The van der Waals surface area contributed by atoms with E-state index in [2.05, 4.69) is 4.74 Å². The number of esters is 1. The molecule has 12 nitrogen and oxygen atoms in total. The van der Waals surface area contributed by atoms with Crippen LogP contribution in [0, 0.1) is 10.1 Å². The maximum Gasteiger partial charge on any atom is 0.332 e. The van der Waals surface area contributed by atoms with Gasteiger partial charge in [0.1, 0.15) is 0 Å². The maximum atomic E-state index is 11.9. The van der Waals surface area contributed by atoms with Crippen molar-refractivity contribution < 1.29 is 39.7 Å². The third kappa shape index (κ3) is 9.78. The summed E-state index contributed by atoms with van der Waals surface area (Å²) >= 11 is 0. The molecule has 0 saturated carbocycles. The highest BCUT2D eigenvalue weighted by Gasteiger charge is 2.17. The van der Waals surface area contributed by atoms with Gasteiger partial charge in [-0.2, -0.15) is 16.8 Å². The van der Waals surface area contributed by atoms with Crippen LogP contribution < -0.4 is 0 Å². The fraction of sp³-hybridized carbons (Fsp3) is 0.438. The molecule has 1 rings (SSSR count). The van der Waals surface area contributed by atoms with Gasteiger partial charge in [-0.1, -0.05) is 0 Å². The number of hydrogen-bond donors (Lipinski definition) is 0. The molecule has 0 amide bonds. The highest BCUT2D eigenvalue weighted by atomic mass is 32.2. The summed E-state index contributed by atoms with van der Waals surface area (Å²) in [5.74, 6) is -0.749. The Labute approximate surface area is 174 Å². The van der Waals surface area contributed by atoms with Crippen molar-refractivity contribution in [2.75, 3.05) is 45.9 Å². The fourth-order valence-electron chi connectivity index (χ4n) is 2.23. The number of benzene rings is 1. The summed E-state index contributed by atoms with van der Waals surface area (Å²) in [5.41, 5.74) is 0.388. The predicted octanol–water partition coefficient (Wildman–Crippen LogP) is 0.363. The highest BCUT2D eigenvalue weighted by Crippen LogP contribution is 2.22. The molecule has 1 aromatic carbocycles. The number of nitro groups is 1. The molecule has 30 heavy (non-hydrogen) atoms. The van der Waals surface area contributed by atoms with Crippen LogP contribution in [-0.2, 0) is 38.1 Å². The lowest BCUT2D eigenvalue weighted by atomic mass is 10.1. The Kier molecular flexibility index (Phi) is 9.35. The monoisotopic (exact) mass is 466 g/mol. The lowest BCUT2D eigenvalue weighted by Gasteiger charge is -2.27. The molecule has 0 unspecified atom stereocenters. The molecule has 1 aromatic rings. The van der Waals surface area contributed by atoms with E-state index in [4.69, 9.17) is 8.37 Å². The van der Waals surface area contributed by atoms with E-state index in [1.807, 2.05) is 0 Å². The number of nitro benzene ring substituents is 1. The zero-order valence-electron chi connectivity index (χ0n) is 16.5. The third-order valence-electron chi connectivity index (χ3n) is 3.49. The molecule has 0 heterocycles. The van der Waals surface area contributed by atoms with Gasteiger partial charge in [0.25, 0.3) is 25.9 Å². The van der Waals surface area contributed by atoms with Crippen LogP contribution in [0.15, 0.2) is 30.3 Å². The van der Waals surface area contributed by atoms with Crippen LogP contribution in [0.25, 0.3) is 5.70 Å². The summed E-state index contributed by atoms with van der Waals surface area (Å²) < 4.78 is 59.0. The lowest BCUT2D eigenvalue weighted by molar-refractivity contribution is -0.384. The number of methoxy groups -OCH3 is 1. The first-order chi connectivity index (χ1) is 13.8. The SMILES string of the molecule is COC(=O)/C=C(/c1ccc([N+](=O)[O-])cc1)N(CCOS(C)(=O)=O)CCOS(C)(=O)=O. The van der Waals surface area contributed by atoms with E-state index < -0.39 is 31.1 Å². The number of non-ortho nitro benzene ring substituents is 1. The lowest BCUT2D eigenvalue weighted by Crippen LogP contribution is -2.31. The van der Waals surface area contributed by atoms with Crippen molar-refractivity contribution in [3.63, 3.8) is 0 Å². The molecule has 0 bridgehead atoms. The molecule has 0 aromatic heterocycles. The van der Waals surface area contributed by atoms with Gasteiger partial charge in [0.2, 0.25) is 0 Å².